The molecule has 1 aromatic carbocycles. The fourth-order valence-corrected chi connectivity index (χ4v) is 3.09. The summed E-state index contributed by atoms with van der Waals surface area (Å²) >= 11 is 0. The molecule has 1 aromatic rings. The monoisotopic (exact) mass is 342 g/mol. The number of hydrogen-bond acceptors (Lipinski definition) is 4. The number of rotatable bonds is 3. The number of nitrogens with zero attached hydrogens (tertiary/aromatic N) is 3. The number of hydrogen-bond donors (Lipinski definition) is 1. The Labute approximate surface area is 146 Å². The van der Waals surface area contributed by atoms with Crippen molar-refractivity contribution >= 4 is 23.4 Å². The van der Waals surface area contributed by atoms with Crippen LogP contribution in [0.3, 0.4) is 0 Å². The van der Waals surface area contributed by atoms with Crippen molar-refractivity contribution < 1.29 is 14.4 Å². The summed E-state index contributed by atoms with van der Waals surface area (Å²) in [6, 6.07) is 9.25. The number of hydrazone groups is 1. The van der Waals surface area contributed by atoms with Crippen molar-refractivity contribution in [1.29, 1.82) is 0 Å². The molecule has 132 valence electrons. The summed E-state index contributed by atoms with van der Waals surface area (Å²) in [6.07, 6.45) is 2.12. The van der Waals surface area contributed by atoms with Gasteiger partial charge in [-0.15, -0.1) is 0 Å². The molecule has 0 saturated carbocycles. The summed E-state index contributed by atoms with van der Waals surface area (Å²) in [7, 11) is 1.56. The third kappa shape index (κ3) is 4.04. The Kier molecular flexibility index (Phi) is 5.11. The number of benzene rings is 1. The van der Waals surface area contributed by atoms with E-state index in [4.69, 9.17) is 0 Å². The molecule has 7 nitrogen and oxygen atoms in total. The first-order valence-corrected chi connectivity index (χ1v) is 8.54. The topological polar surface area (TPSA) is 82.1 Å². The number of carbonyl (C=O) groups is 3. The highest BCUT2D eigenvalue weighted by Crippen LogP contribution is 2.15. The maximum absolute atomic E-state index is 12.4. The summed E-state index contributed by atoms with van der Waals surface area (Å²) in [6.45, 7) is 1.23. The van der Waals surface area contributed by atoms with Gasteiger partial charge >= 0.3 is 0 Å². The first-order chi connectivity index (χ1) is 12.0. The molecular formula is C18H22N4O3. The second-order valence-corrected chi connectivity index (χ2v) is 6.37. The quantitative estimate of drug-likeness (QED) is 0.890. The van der Waals surface area contributed by atoms with E-state index < -0.39 is 0 Å². The van der Waals surface area contributed by atoms with Crippen LogP contribution in [0.5, 0.6) is 0 Å². The second-order valence-electron chi connectivity index (χ2n) is 6.37. The molecule has 0 atom stereocenters. The molecule has 7 heteroatoms. The van der Waals surface area contributed by atoms with Crippen LogP contribution >= 0.6 is 0 Å². The third-order valence-electron chi connectivity index (χ3n) is 4.61. The van der Waals surface area contributed by atoms with E-state index >= 15 is 0 Å². The number of likely N-dealkylation sites (tertiary alicyclic amines) is 1. The van der Waals surface area contributed by atoms with Gasteiger partial charge in [0, 0.05) is 44.6 Å². The maximum atomic E-state index is 12.4. The van der Waals surface area contributed by atoms with Crippen LogP contribution in [0.25, 0.3) is 0 Å². The van der Waals surface area contributed by atoms with Crippen LogP contribution in [0.4, 0.5) is 0 Å². The second kappa shape index (κ2) is 7.46. The minimum absolute atomic E-state index is 0.0259. The van der Waals surface area contributed by atoms with Gasteiger partial charge in [0.2, 0.25) is 5.91 Å². The van der Waals surface area contributed by atoms with Gasteiger partial charge in [0.1, 0.15) is 5.71 Å². The first-order valence-electron chi connectivity index (χ1n) is 8.54. The lowest BCUT2D eigenvalue weighted by Crippen LogP contribution is -2.48. The molecular weight excluding hydrogens is 320 g/mol. The lowest BCUT2D eigenvalue weighted by Gasteiger charge is -2.32. The standard InChI is InChI=1S/C18H22N4O3/c1-21-16(23)8-7-15(20-21)17(24)19-14-9-11-22(12-10-14)18(25)13-5-3-2-4-6-13/h2-6,14H,7-12H2,1H3,(H,19,24). The van der Waals surface area contributed by atoms with E-state index in [0.29, 0.717) is 50.0 Å². The molecule has 2 aliphatic rings. The van der Waals surface area contributed by atoms with Gasteiger partial charge in [-0.1, -0.05) is 18.2 Å². The highest BCUT2D eigenvalue weighted by molar-refractivity contribution is 6.39. The number of carbonyl (C=O) groups excluding carboxylic acids is 3. The number of amides is 3. The normalized spacial score (nSPS) is 18.8. The molecule has 1 saturated heterocycles. The zero-order valence-corrected chi connectivity index (χ0v) is 14.3. The van der Waals surface area contributed by atoms with Crippen molar-refractivity contribution in [3.8, 4) is 0 Å². The third-order valence-corrected chi connectivity index (χ3v) is 4.61. The van der Waals surface area contributed by atoms with Crippen LogP contribution in [0.15, 0.2) is 35.4 Å². The molecule has 0 unspecified atom stereocenters. The Balaban J connectivity index is 1.51. The molecule has 0 aromatic heterocycles. The van der Waals surface area contributed by atoms with E-state index in [2.05, 4.69) is 10.4 Å². The van der Waals surface area contributed by atoms with Crippen molar-refractivity contribution in [1.82, 2.24) is 15.2 Å². The summed E-state index contributed by atoms with van der Waals surface area (Å²) < 4.78 is 0. The fraction of sp³-hybridized carbons (Fsp3) is 0.444. The predicted molar refractivity (Wildman–Crippen MR) is 92.9 cm³/mol. The van der Waals surface area contributed by atoms with Crippen LogP contribution in [0.1, 0.15) is 36.0 Å². The van der Waals surface area contributed by atoms with Crippen LogP contribution in [-0.4, -0.2) is 59.5 Å². The highest BCUT2D eigenvalue weighted by Gasteiger charge is 2.27. The summed E-state index contributed by atoms with van der Waals surface area (Å²) in [5.41, 5.74) is 1.08. The van der Waals surface area contributed by atoms with E-state index in [1.54, 1.807) is 7.05 Å². The van der Waals surface area contributed by atoms with Crippen molar-refractivity contribution in [2.75, 3.05) is 20.1 Å². The van der Waals surface area contributed by atoms with E-state index in [-0.39, 0.29) is 23.8 Å². The lowest BCUT2D eigenvalue weighted by molar-refractivity contribution is -0.130. The van der Waals surface area contributed by atoms with Crippen LogP contribution in [-0.2, 0) is 9.59 Å². The Morgan fingerprint density at radius 2 is 1.80 bits per heavy atom. The molecule has 1 fully saturated rings. The van der Waals surface area contributed by atoms with Crippen molar-refractivity contribution in [2.45, 2.75) is 31.7 Å². The van der Waals surface area contributed by atoms with E-state index in [9.17, 15) is 14.4 Å². The average Bonchev–Trinajstić information content (AvgIpc) is 2.64. The minimum Gasteiger partial charge on any atom is -0.348 e. The van der Waals surface area contributed by atoms with E-state index in [1.807, 2.05) is 35.2 Å². The van der Waals surface area contributed by atoms with Crippen molar-refractivity contribution in [3.05, 3.63) is 35.9 Å². The fourth-order valence-electron chi connectivity index (χ4n) is 3.09. The van der Waals surface area contributed by atoms with Gasteiger partial charge in [-0.2, -0.15) is 5.10 Å². The first kappa shape index (κ1) is 17.1. The molecule has 3 amide bonds. The smallest absolute Gasteiger partial charge is 0.267 e. The van der Waals surface area contributed by atoms with Gasteiger partial charge < -0.3 is 10.2 Å². The molecule has 25 heavy (non-hydrogen) atoms. The van der Waals surface area contributed by atoms with Gasteiger partial charge in [-0.25, -0.2) is 5.01 Å². The van der Waals surface area contributed by atoms with Crippen molar-refractivity contribution in [2.24, 2.45) is 5.10 Å². The summed E-state index contributed by atoms with van der Waals surface area (Å²) in [5, 5.41) is 8.23. The molecule has 0 bridgehead atoms. The Hall–Kier alpha value is -2.70. The SMILES string of the molecule is CN1N=C(C(=O)NC2CCN(C(=O)c3ccccc3)CC2)CCC1=O. The molecule has 2 aliphatic heterocycles. The van der Waals surface area contributed by atoms with Crippen LogP contribution < -0.4 is 5.32 Å². The van der Waals surface area contributed by atoms with E-state index in [1.165, 1.54) is 5.01 Å². The Morgan fingerprint density at radius 3 is 2.44 bits per heavy atom. The summed E-state index contributed by atoms with van der Waals surface area (Å²) in [4.78, 5) is 38.0. The largest absolute Gasteiger partial charge is 0.348 e. The van der Waals surface area contributed by atoms with Gasteiger partial charge in [0.25, 0.3) is 11.8 Å². The molecule has 1 N–H and O–H groups in total. The lowest BCUT2D eigenvalue weighted by atomic mass is 10.0. The average molecular weight is 342 g/mol. The Morgan fingerprint density at radius 1 is 1.12 bits per heavy atom. The molecule has 0 aliphatic carbocycles. The van der Waals surface area contributed by atoms with Gasteiger partial charge in [-0.05, 0) is 25.0 Å². The number of piperidine rings is 1. The molecule has 0 spiro atoms. The molecule has 0 radical (unpaired) electrons. The molecule has 2 heterocycles. The van der Waals surface area contributed by atoms with Gasteiger partial charge in [0.15, 0.2) is 0 Å². The van der Waals surface area contributed by atoms with Crippen LogP contribution in [0, 0.1) is 0 Å². The van der Waals surface area contributed by atoms with E-state index in [0.717, 1.165) is 0 Å². The maximum Gasteiger partial charge on any atom is 0.267 e. The minimum atomic E-state index is -0.216. The summed E-state index contributed by atoms with van der Waals surface area (Å²) in [5.74, 6) is -0.265. The molecule has 3 rings (SSSR count). The number of nitrogens with one attached hydrogen (secondary N) is 1. The zero-order valence-electron chi connectivity index (χ0n) is 14.3. The van der Waals surface area contributed by atoms with Crippen molar-refractivity contribution in [3.63, 3.8) is 0 Å². The van der Waals surface area contributed by atoms with Gasteiger partial charge in [-0.3, -0.25) is 14.4 Å². The van der Waals surface area contributed by atoms with Gasteiger partial charge in [0.05, 0.1) is 0 Å². The predicted octanol–water partition coefficient (Wildman–Crippen LogP) is 1.02. The Bertz CT molecular complexity index is 694. The zero-order chi connectivity index (χ0) is 17.8. The highest BCUT2D eigenvalue weighted by atomic mass is 16.2. The van der Waals surface area contributed by atoms with Crippen LogP contribution in [0.2, 0.25) is 0 Å².